The highest BCUT2D eigenvalue weighted by Crippen LogP contribution is 2.44. The molecule has 10 heteroatoms. The van der Waals surface area contributed by atoms with Crippen molar-refractivity contribution in [1.82, 2.24) is 4.98 Å². The van der Waals surface area contributed by atoms with Crippen molar-refractivity contribution in [3.63, 3.8) is 0 Å². The van der Waals surface area contributed by atoms with E-state index >= 15 is 0 Å². The molecule has 0 aliphatic rings. The van der Waals surface area contributed by atoms with Gasteiger partial charge in [0.2, 0.25) is 0 Å². The number of nitro groups is 1. The lowest BCUT2D eigenvalue weighted by atomic mass is 10.2. The third-order valence-electron chi connectivity index (χ3n) is 4.23. The molecule has 0 fully saturated rings. The fourth-order valence-corrected chi connectivity index (χ4v) is 3.35. The molecule has 3 rings (SSSR count). The first-order chi connectivity index (χ1) is 14.4. The van der Waals surface area contributed by atoms with Gasteiger partial charge in [0.1, 0.15) is 33.0 Å². The molecule has 1 aromatic heterocycles. The molecule has 0 radical (unpaired) electrons. The van der Waals surface area contributed by atoms with Crippen LogP contribution in [0.3, 0.4) is 0 Å². The van der Waals surface area contributed by atoms with E-state index in [1.807, 2.05) is 6.07 Å². The van der Waals surface area contributed by atoms with E-state index in [-0.39, 0.29) is 5.69 Å². The Kier molecular flexibility index (Phi) is 6.81. The number of para-hydroxylation sites is 2. The first-order valence-electron chi connectivity index (χ1n) is 8.73. The third-order valence-corrected chi connectivity index (χ3v) is 4.98. The van der Waals surface area contributed by atoms with Crippen molar-refractivity contribution in [2.24, 2.45) is 0 Å². The van der Waals surface area contributed by atoms with Crippen LogP contribution < -0.4 is 20.1 Å². The molecule has 0 spiro atoms. The number of aromatic nitrogens is 1. The van der Waals surface area contributed by atoms with E-state index < -0.39 is 4.92 Å². The average molecular weight is 449 g/mol. The van der Waals surface area contributed by atoms with Gasteiger partial charge in [-0.25, -0.2) is 4.98 Å². The quantitative estimate of drug-likeness (QED) is 0.338. The summed E-state index contributed by atoms with van der Waals surface area (Å²) in [5, 5.41) is 17.9. The SMILES string of the molecule is COc1cc(OC)c(Cl)c(NCc2ccc(Nc3ccccc3[N+](=O)[O-])nc2)c1Cl. The van der Waals surface area contributed by atoms with Gasteiger partial charge >= 0.3 is 0 Å². The van der Waals surface area contributed by atoms with E-state index in [2.05, 4.69) is 15.6 Å². The monoisotopic (exact) mass is 448 g/mol. The van der Waals surface area contributed by atoms with Crippen molar-refractivity contribution in [1.29, 1.82) is 0 Å². The van der Waals surface area contributed by atoms with Crippen LogP contribution in [0.4, 0.5) is 22.9 Å². The first kappa shape index (κ1) is 21.5. The number of rotatable bonds is 8. The Bertz CT molecular complexity index is 1030. The normalized spacial score (nSPS) is 10.4. The summed E-state index contributed by atoms with van der Waals surface area (Å²) < 4.78 is 10.5. The summed E-state index contributed by atoms with van der Waals surface area (Å²) in [6.07, 6.45) is 1.64. The van der Waals surface area contributed by atoms with Crippen LogP contribution in [0.25, 0.3) is 0 Å². The van der Waals surface area contributed by atoms with Gasteiger partial charge in [-0.3, -0.25) is 10.1 Å². The van der Waals surface area contributed by atoms with Crippen molar-refractivity contribution in [3.8, 4) is 11.5 Å². The topological polar surface area (TPSA) is 98.5 Å². The minimum atomic E-state index is -0.448. The van der Waals surface area contributed by atoms with Gasteiger partial charge in [0, 0.05) is 24.9 Å². The van der Waals surface area contributed by atoms with E-state index in [1.165, 1.54) is 20.3 Å². The molecular formula is C20H18Cl2N4O4. The van der Waals surface area contributed by atoms with E-state index in [0.717, 1.165) is 5.56 Å². The number of nitrogens with zero attached hydrogens (tertiary/aromatic N) is 2. The highest BCUT2D eigenvalue weighted by molar-refractivity contribution is 6.41. The zero-order valence-corrected chi connectivity index (χ0v) is 17.6. The van der Waals surface area contributed by atoms with Gasteiger partial charge in [-0.1, -0.05) is 41.4 Å². The lowest BCUT2D eigenvalue weighted by Crippen LogP contribution is -2.04. The fourth-order valence-electron chi connectivity index (χ4n) is 2.71. The largest absolute Gasteiger partial charge is 0.495 e. The van der Waals surface area contributed by atoms with Gasteiger partial charge < -0.3 is 20.1 Å². The van der Waals surface area contributed by atoms with Crippen molar-refractivity contribution in [2.45, 2.75) is 6.54 Å². The molecule has 8 nitrogen and oxygen atoms in total. The minimum Gasteiger partial charge on any atom is -0.495 e. The molecule has 0 unspecified atom stereocenters. The Labute approximate surface area is 182 Å². The second-order valence-corrected chi connectivity index (χ2v) is 6.84. The second kappa shape index (κ2) is 9.51. The van der Waals surface area contributed by atoms with Crippen molar-refractivity contribution >= 4 is 46.1 Å². The van der Waals surface area contributed by atoms with Gasteiger partial charge in [-0.05, 0) is 17.7 Å². The molecule has 156 valence electrons. The highest BCUT2D eigenvalue weighted by Gasteiger charge is 2.17. The lowest BCUT2D eigenvalue weighted by Gasteiger charge is -2.16. The van der Waals surface area contributed by atoms with Crippen LogP contribution in [0, 0.1) is 10.1 Å². The molecule has 0 amide bonds. The maximum Gasteiger partial charge on any atom is 0.292 e. The van der Waals surface area contributed by atoms with Gasteiger partial charge in [-0.2, -0.15) is 0 Å². The Balaban J connectivity index is 1.74. The molecule has 2 N–H and O–H groups in total. The molecular weight excluding hydrogens is 431 g/mol. The Morgan fingerprint density at radius 2 is 1.73 bits per heavy atom. The van der Waals surface area contributed by atoms with Gasteiger partial charge in [0.25, 0.3) is 5.69 Å². The summed E-state index contributed by atoms with van der Waals surface area (Å²) in [6.45, 7) is 0.383. The molecule has 30 heavy (non-hydrogen) atoms. The van der Waals surface area contributed by atoms with Crippen LogP contribution >= 0.6 is 23.2 Å². The highest BCUT2D eigenvalue weighted by atomic mass is 35.5. The lowest BCUT2D eigenvalue weighted by molar-refractivity contribution is -0.383. The van der Waals surface area contributed by atoms with Crippen LogP contribution in [-0.2, 0) is 6.54 Å². The van der Waals surface area contributed by atoms with Crippen molar-refractivity contribution < 1.29 is 14.4 Å². The average Bonchev–Trinajstić information content (AvgIpc) is 2.75. The van der Waals surface area contributed by atoms with E-state index in [9.17, 15) is 10.1 Å². The zero-order valence-electron chi connectivity index (χ0n) is 16.1. The number of hydrogen-bond donors (Lipinski definition) is 2. The molecule has 0 aliphatic carbocycles. The predicted octanol–water partition coefficient (Wildman–Crippen LogP) is 5.67. The maximum absolute atomic E-state index is 11.1. The summed E-state index contributed by atoms with van der Waals surface area (Å²) >= 11 is 12.7. The number of benzene rings is 2. The summed E-state index contributed by atoms with van der Waals surface area (Å²) in [6, 6.07) is 11.5. The zero-order chi connectivity index (χ0) is 21.7. The summed E-state index contributed by atoms with van der Waals surface area (Å²) in [7, 11) is 3.01. The predicted molar refractivity (Wildman–Crippen MR) is 118 cm³/mol. The molecule has 2 aromatic carbocycles. The number of ether oxygens (including phenoxy) is 2. The first-order valence-corrected chi connectivity index (χ1v) is 9.49. The van der Waals surface area contributed by atoms with Crippen molar-refractivity contribution in [2.75, 3.05) is 24.9 Å². The molecule has 3 aromatic rings. The number of halogens is 2. The van der Waals surface area contributed by atoms with E-state index in [4.69, 9.17) is 32.7 Å². The Morgan fingerprint density at radius 1 is 1.07 bits per heavy atom. The number of nitro benzene ring substituents is 1. The van der Waals surface area contributed by atoms with Gasteiger partial charge in [0.05, 0.1) is 24.8 Å². The summed E-state index contributed by atoms with van der Waals surface area (Å²) in [5.41, 5.74) is 1.66. The number of pyridine rings is 1. The molecule has 1 heterocycles. The van der Waals surface area contributed by atoms with Gasteiger partial charge in [0.15, 0.2) is 0 Å². The second-order valence-electron chi connectivity index (χ2n) is 6.09. The van der Waals surface area contributed by atoms with Crippen LogP contribution in [0.2, 0.25) is 10.0 Å². The van der Waals surface area contributed by atoms with Crippen LogP contribution in [0.1, 0.15) is 5.56 Å². The number of anilines is 3. The third kappa shape index (κ3) is 4.67. The minimum absolute atomic E-state index is 0.0266. The van der Waals surface area contributed by atoms with Crippen LogP contribution in [0.5, 0.6) is 11.5 Å². The van der Waals surface area contributed by atoms with E-state index in [1.54, 1.807) is 36.5 Å². The molecule has 0 atom stereocenters. The smallest absolute Gasteiger partial charge is 0.292 e. The Hall–Kier alpha value is -3.23. The molecule has 0 saturated carbocycles. The molecule has 0 aliphatic heterocycles. The van der Waals surface area contributed by atoms with E-state index in [0.29, 0.717) is 45.3 Å². The number of hydrogen-bond acceptors (Lipinski definition) is 7. The number of methoxy groups -OCH3 is 2. The Morgan fingerprint density at radius 3 is 2.30 bits per heavy atom. The molecule has 0 saturated heterocycles. The molecule has 0 bridgehead atoms. The summed E-state index contributed by atoms with van der Waals surface area (Å²) in [5.74, 6) is 1.34. The standard InChI is InChI=1S/C20H18Cl2N4O4/c1-29-15-9-16(30-2)19(22)20(18(15)21)24-11-12-7-8-17(23-10-12)25-13-5-3-4-6-14(13)26(27)28/h3-10,24H,11H2,1-2H3,(H,23,25). The summed E-state index contributed by atoms with van der Waals surface area (Å²) in [4.78, 5) is 15.0. The van der Waals surface area contributed by atoms with Crippen LogP contribution in [-0.4, -0.2) is 24.1 Å². The fraction of sp³-hybridized carbons (Fsp3) is 0.150. The maximum atomic E-state index is 11.1. The van der Waals surface area contributed by atoms with Gasteiger partial charge in [-0.15, -0.1) is 0 Å². The number of nitrogens with one attached hydrogen (secondary N) is 2. The van der Waals surface area contributed by atoms with Crippen LogP contribution in [0.15, 0.2) is 48.7 Å². The van der Waals surface area contributed by atoms with Crippen molar-refractivity contribution in [3.05, 3.63) is 74.4 Å².